The van der Waals surface area contributed by atoms with Gasteiger partial charge in [0.1, 0.15) is 11.4 Å². The van der Waals surface area contributed by atoms with Crippen molar-refractivity contribution in [2.45, 2.75) is 19.8 Å². The molecule has 0 saturated carbocycles. The Labute approximate surface area is 169 Å². The van der Waals surface area contributed by atoms with E-state index in [0.717, 1.165) is 11.3 Å². The van der Waals surface area contributed by atoms with Gasteiger partial charge >= 0.3 is 6.36 Å². The van der Waals surface area contributed by atoms with Gasteiger partial charge in [0.15, 0.2) is 5.13 Å². The van der Waals surface area contributed by atoms with E-state index >= 15 is 0 Å². The number of nitrogens with zero attached hydrogens (tertiary/aromatic N) is 5. The Kier molecular flexibility index (Phi) is 6.08. The number of hydrogen-bond acceptors (Lipinski definition) is 6. The second-order valence-electron chi connectivity index (χ2n) is 6.47. The first kappa shape index (κ1) is 21.1. The zero-order valence-corrected chi connectivity index (χ0v) is 16.9. The number of carbonyl (C=O) groups excluding carboxylic acids is 1. The van der Waals surface area contributed by atoms with E-state index in [-0.39, 0.29) is 11.7 Å². The van der Waals surface area contributed by atoms with Crippen molar-refractivity contribution in [3.63, 3.8) is 0 Å². The summed E-state index contributed by atoms with van der Waals surface area (Å²) in [7, 11) is 3.77. The highest BCUT2D eigenvalue weighted by Crippen LogP contribution is 2.33. The van der Waals surface area contributed by atoms with Crippen molar-refractivity contribution < 1.29 is 22.7 Å². The first-order chi connectivity index (χ1) is 13.7. The van der Waals surface area contributed by atoms with Crippen LogP contribution in [0.25, 0.3) is 10.2 Å². The largest absolute Gasteiger partial charge is 0.573 e. The fourth-order valence-electron chi connectivity index (χ4n) is 2.69. The summed E-state index contributed by atoms with van der Waals surface area (Å²) in [6, 6.07) is 5.56. The molecule has 0 aliphatic heterocycles. The van der Waals surface area contributed by atoms with Crippen LogP contribution in [0.4, 0.5) is 18.3 Å². The van der Waals surface area contributed by atoms with Crippen molar-refractivity contribution in [1.29, 1.82) is 0 Å². The van der Waals surface area contributed by atoms with E-state index < -0.39 is 6.36 Å². The summed E-state index contributed by atoms with van der Waals surface area (Å²) >= 11 is 1.13. The molecular formula is C18H20F3N5O2S. The minimum atomic E-state index is -4.77. The first-order valence-corrected chi connectivity index (χ1v) is 9.64. The highest BCUT2D eigenvalue weighted by molar-refractivity contribution is 7.22. The molecule has 0 radical (unpaired) electrons. The zero-order valence-electron chi connectivity index (χ0n) is 16.1. The normalized spacial score (nSPS) is 12.0. The van der Waals surface area contributed by atoms with Gasteiger partial charge < -0.3 is 9.64 Å². The Balaban J connectivity index is 1.96. The molecule has 0 unspecified atom stereocenters. The molecule has 0 atom stereocenters. The summed E-state index contributed by atoms with van der Waals surface area (Å²) in [5.74, 6) is -0.590. The molecular weight excluding hydrogens is 407 g/mol. The van der Waals surface area contributed by atoms with Crippen molar-refractivity contribution >= 4 is 32.6 Å². The second kappa shape index (κ2) is 8.37. The number of halogens is 3. The molecule has 0 fully saturated rings. The third kappa shape index (κ3) is 5.04. The lowest BCUT2D eigenvalue weighted by molar-refractivity contribution is -0.274. The maximum Gasteiger partial charge on any atom is 0.573 e. The van der Waals surface area contributed by atoms with Crippen LogP contribution in [0.15, 0.2) is 30.5 Å². The maximum absolute atomic E-state index is 13.2. The average molecular weight is 427 g/mol. The summed E-state index contributed by atoms with van der Waals surface area (Å²) in [5, 5.41) is 4.54. The van der Waals surface area contributed by atoms with Crippen LogP contribution in [0.5, 0.6) is 5.75 Å². The molecule has 2 heterocycles. The molecule has 1 aromatic carbocycles. The molecule has 156 valence electrons. The number of aryl methyl sites for hydroxylation is 1. The van der Waals surface area contributed by atoms with Gasteiger partial charge in [-0.25, -0.2) is 4.98 Å². The van der Waals surface area contributed by atoms with Crippen LogP contribution < -0.4 is 9.64 Å². The van der Waals surface area contributed by atoms with Gasteiger partial charge in [-0.15, -0.1) is 13.2 Å². The second-order valence-corrected chi connectivity index (χ2v) is 7.48. The van der Waals surface area contributed by atoms with Crippen LogP contribution in [0.1, 0.15) is 17.4 Å². The van der Waals surface area contributed by atoms with Crippen molar-refractivity contribution in [2.75, 3.05) is 32.1 Å². The summed E-state index contributed by atoms with van der Waals surface area (Å²) < 4.78 is 43.5. The minimum absolute atomic E-state index is 0.267. The van der Waals surface area contributed by atoms with E-state index in [1.54, 1.807) is 16.9 Å². The van der Waals surface area contributed by atoms with E-state index in [2.05, 4.69) is 14.8 Å². The van der Waals surface area contributed by atoms with Gasteiger partial charge in [-0.1, -0.05) is 11.3 Å². The number of ether oxygens (including phenoxy) is 1. The van der Waals surface area contributed by atoms with Gasteiger partial charge in [0.2, 0.25) is 0 Å². The number of rotatable bonds is 7. The molecule has 7 nitrogen and oxygen atoms in total. The molecule has 0 N–H and O–H groups in total. The Hall–Kier alpha value is -2.66. The number of carbonyl (C=O) groups is 1. The average Bonchev–Trinajstić information content (AvgIpc) is 3.26. The van der Waals surface area contributed by atoms with E-state index in [9.17, 15) is 18.0 Å². The molecule has 0 bridgehead atoms. The molecule has 0 spiro atoms. The Morgan fingerprint density at radius 1 is 1.24 bits per heavy atom. The quantitative estimate of drug-likeness (QED) is 0.576. The van der Waals surface area contributed by atoms with E-state index in [1.165, 1.54) is 23.1 Å². The third-order valence-electron chi connectivity index (χ3n) is 4.06. The summed E-state index contributed by atoms with van der Waals surface area (Å²) in [4.78, 5) is 21.1. The predicted molar refractivity (Wildman–Crippen MR) is 104 cm³/mol. The van der Waals surface area contributed by atoms with Gasteiger partial charge in [0, 0.05) is 31.9 Å². The summed E-state index contributed by atoms with van der Waals surface area (Å²) in [6.07, 6.45) is -3.21. The molecule has 0 aliphatic rings. The Morgan fingerprint density at radius 2 is 2.00 bits per heavy atom. The van der Waals surface area contributed by atoms with Crippen LogP contribution in [0.2, 0.25) is 0 Å². The van der Waals surface area contributed by atoms with Gasteiger partial charge in [-0.3, -0.25) is 14.4 Å². The highest BCUT2D eigenvalue weighted by Gasteiger charge is 2.31. The lowest BCUT2D eigenvalue weighted by Crippen LogP contribution is -2.37. The van der Waals surface area contributed by atoms with Gasteiger partial charge in [-0.05, 0) is 39.2 Å². The van der Waals surface area contributed by atoms with Crippen molar-refractivity contribution in [2.24, 2.45) is 0 Å². The summed E-state index contributed by atoms with van der Waals surface area (Å²) in [6.45, 7) is 3.37. The standard InChI is InChI=1S/C18H20F3N5O2S/c1-4-26-14(7-8-22-26)16(27)25(10-9-24(2)3)17-23-13-6-5-12(11-15(13)29-17)28-18(19,20)21/h5-8,11H,4,9-10H2,1-3H3. The molecule has 11 heteroatoms. The topological polar surface area (TPSA) is 63.5 Å². The van der Waals surface area contributed by atoms with E-state index in [4.69, 9.17) is 0 Å². The molecule has 3 rings (SSSR count). The number of aromatic nitrogens is 3. The van der Waals surface area contributed by atoms with Gasteiger partial charge in [0.25, 0.3) is 5.91 Å². The number of likely N-dealkylation sites (N-methyl/N-ethyl adjacent to an activating group) is 1. The van der Waals surface area contributed by atoms with Gasteiger partial charge in [0.05, 0.1) is 10.2 Å². The lowest BCUT2D eigenvalue weighted by Gasteiger charge is -2.22. The number of anilines is 1. The molecule has 0 saturated heterocycles. The minimum Gasteiger partial charge on any atom is -0.406 e. The fraction of sp³-hybridized carbons (Fsp3) is 0.389. The molecule has 2 aromatic heterocycles. The molecule has 3 aromatic rings. The smallest absolute Gasteiger partial charge is 0.406 e. The van der Waals surface area contributed by atoms with Crippen LogP contribution in [0.3, 0.4) is 0 Å². The third-order valence-corrected chi connectivity index (χ3v) is 5.11. The van der Waals surface area contributed by atoms with E-state index in [1.807, 2.05) is 25.9 Å². The lowest BCUT2D eigenvalue weighted by atomic mass is 10.3. The SMILES string of the molecule is CCn1nccc1C(=O)N(CCN(C)C)c1nc2ccc(OC(F)(F)F)cc2s1. The number of thiazole rings is 1. The fourth-order valence-corrected chi connectivity index (χ4v) is 3.71. The Morgan fingerprint density at radius 3 is 2.66 bits per heavy atom. The predicted octanol–water partition coefficient (Wildman–Crippen LogP) is 3.62. The number of amides is 1. The number of fused-ring (bicyclic) bond motifs is 1. The van der Waals surface area contributed by atoms with E-state index in [0.29, 0.717) is 40.7 Å². The maximum atomic E-state index is 13.2. The highest BCUT2D eigenvalue weighted by atomic mass is 32.1. The Bertz CT molecular complexity index is 999. The van der Waals surface area contributed by atoms with Crippen LogP contribution >= 0.6 is 11.3 Å². The van der Waals surface area contributed by atoms with Crippen LogP contribution in [-0.4, -0.2) is 59.1 Å². The number of hydrogen-bond donors (Lipinski definition) is 0. The van der Waals surface area contributed by atoms with Crippen molar-refractivity contribution in [3.8, 4) is 5.75 Å². The molecule has 1 amide bonds. The summed E-state index contributed by atoms with van der Waals surface area (Å²) in [5.41, 5.74) is 0.915. The van der Waals surface area contributed by atoms with Crippen LogP contribution in [0, 0.1) is 0 Å². The number of benzene rings is 1. The van der Waals surface area contributed by atoms with Crippen LogP contribution in [-0.2, 0) is 6.54 Å². The molecule has 29 heavy (non-hydrogen) atoms. The zero-order chi connectivity index (χ0) is 21.2. The number of alkyl halides is 3. The first-order valence-electron chi connectivity index (χ1n) is 8.82. The van der Waals surface area contributed by atoms with Crippen molar-refractivity contribution in [3.05, 3.63) is 36.2 Å². The monoisotopic (exact) mass is 427 g/mol. The molecule has 0 aliphatic carbocycles. The van der Waals surface area contributed by atoms with Gasteiger partial charge in [-0.2, -0.15) is 5.10 Å². The van der Waals surface area contributed by atoms with Crippen molar-refractivity contribution in [1.82, 2.24) is 19.7 Å².